The number of aromatic hydroxyl groups is 1. The molecular formula is C30H26BrNO5. The summed E-state index contributed by atoms with van der Waals surface area (Å²) < 4.78 is 0.182. The topological polar surface area (TPSA) is 91.8 Å². The van der Waals surface area contributed by atoms with E-state index in [4.69, 9.17) is 0 Å². The number of allylic oxidation sites excluding steroid dienone is 6. The highest BCUT2D eigenvalue weighted by Crippen LogP contribution is 2.57. The van der Waals surface area contributed by atoms with Crippen molar-refractivity contribution in [3.05, 3.63) is 75.3 Å². The van der Waals surface area contributed by atoms with E-state index in [1.165, 1.54) is 11.0 Å². The van der Waals surface area contributed by atoms with Gasteiger partial charge in [-0.3, -0.25) is 24.1 Å². The van der Waals surface area contributed by atoms with Crippen molar-refractivity contribution in [1.82, 2.24) is 4.90 Å². The van der Waals surface area contributed by atoms with Crippen molar-refractivity contribution in [1.29, 1.82) is 0 Å². The van der Waals surface area contributed by atoms with Crippen molar-refractivity contribution in [3.8, 4) is 5.75 Å². The van der Waals surface area contributed by atoms with Crippen molar-refractivity contribution < 1.29 is 24.3 Å². The minimum absolute atomic E-state index is 0.0261. The number of benzene rings is 2. The van der Waals surface area contributed by atoms with E-state index < -0.39 is 29.2 Å². The molecule has 0 saturated carbocycles. The fourth-order valence-corrected chi connectivity index (χ4v) is 7.23. The van der Waals surface area contributed by atoms with Gasteiger partial charge in [0.1, 0.15) is 5.75 Å². The third-order valence-corrected chi connectivity index (χ3v) is 8.83. The number of nitrogens with zero attached hydrogens (tertiary/aromatic N) is 1. The summed E-state index contributed by atoms with van der Waals surface area (Å²) in [6, 6.07) is 11.0. The Labute approximate surface area is 222 Å². The maximum atomic E-state index is 13.8. The summed E-state index contributed by atoms with van der Waals surface area (Å²) in [6.45, 7) is 5.54. The SMILES string of the molecule is CC(C)(C)N1C(=O)[C@H]2[C@H](CC=C3[C@H](c4c(O)ccc5ccccc45)C4=C(C[C@H]32)C(=O)C(Br)=CC4=O)C1=O. The Kier molecular flexibility index (Phi) is 5.26. The van der Waals surface area contributed by atoms with E-state index in [0.717, 1.165) is 16.3 Å². The Hall–Kier alpha value is -3.32. The van der Waals surface area contributed by atoms with Crippen LogP contribution >= 0.6 is 15.9 Å². The van der Waals surface area contributed by atoms with E-state index in [1.54, 1.807) is 6.07 Å². The molecule has 6 rings (SSSR count). The molecule has 0 radical (unpaired) electrons. The van der Waals surface area contributed by atoms with Gasteiger partial charge in [-0.25, -0.2) is 0 Å². The van der Waals surface area contributed by atoms with Gasteiger partial charge in [0, 0.05) is 34.2 Å². The Bertz CT molecular complexity index is 1540. The van der Waals surface area contributed by atoms with E-state index >= 15 is 0 Å². The van der Waals surface area contributed by atoms with Crippen LogP contribution in [-0.4, -0.2) is 38.9 Å². The summed E-state index contributed by atoms with van der Waals surface area (Å²) in [5, 5.41) is 12.8. The molecule has 37 heavy (non-hydrogen) atoms. The van der Waals surface area contributed by atoms with Crippen LogP contribution in [0, 0.1) is 17.8 Å². The lowest BCUT2D eigenvalue weighted by atomic mass is 9.59. The first kappa shape index (κ1) is 24.0. The first-order valence-corrected chi connectivity index (χ1v) is 13.3. The van der Waals surface area contributed by atoms with Crippen LogP contribution in [0.3, 0.4) is 0 Å². The quantitative estimate of drug-likeness (QED) is 0.298. The van der Waals surface area contributed by atoms with Crippen molar-refractivity contribution in [2.24, 2.45) is 17.8 Å². The molecule has 0 unspecified atom stereocenters. The van der Waals surface area contributed by atoms with Crippen LogP contribution in [-0.2, 0) is 19.2 Å². The molecule has 1 saturated heterocycles. The fraction of sp³-hybridized carbons (Fsp3) is 0.333. The molecule has 1 fully saturated rings. The molecule has 188 valence electrons. The number of phenolic OH excluding ortho intramolecular Hbond substituents is 1. The number of halogens is 1. The van der Waals surface area contributed by atoms with E-state index in [0.29, 0.717) is 23.1 Å². The molecule has 2 aromatic rings. The lowest BCUT2D eigenvalue weighted by Gasteiger charge is -2.42. The third kappa shape index (κ3) is 3.36. The van der Waals surface area contributed by atoms with Gasteiger partial charge in [0.15, 0.2) is 11.6 Å². The standard InChI is InChI=1S/C30H26BrNO5/c1-30(2,3)32-28(36)17-10-9-16-18(23(17)29(32)37)12-19-25(22(34)13-20(31)27(19)35)26(16)24-15-7-5-4-6-14(15)8-11-21(24)33/h4-9,11,13,17-18,23,26,33H,10,12H2,1-3H3/t17-,18+,23-,26+/m0/s1. The molecule has 7 heteroatoms. The molecule has 0 aromatic heterocycles. The van der Waals surface area contributed by atoms with E-state index in [2.05, 4.69) is 15.9 Å². The first-order valence-electron chi connectivity index (χ1n) is 12.5. The largest absolute Gasteiger partial charge is 0.508 e. The number of rotatable bonds is 1. The molecular weight excluding hydrogens is 534 g/mol. The van der Waals surface area contributed by atoms with Crippen LogP contribution in [0.4, 0.5) is 0 Å². The predicted molar refractivity (Wildman–Crippen MR) is 142 cm³/mol. The molecule has 2 amide bonds. The summed E-state index contributed by atoms with van der Waals surface area (Å²) in [5.74, 6) is -3.21. The van der Waals surface area contributed by atoms with Crippen LogP contribution < -0.4 is 0 Å². The van der Waals surface area contributed by atoms with Gasteiger partial charge in [-0.1, -0.05) is 42.0 Å². The number of hydrogen-bond acceptors (Lipinski definition) is 5. The molecule has 4 atom stereocenters. The number of likely N-dealkylation sites (tertiary alicyclic amines) is 1. The van der Waals surface area contributed by atoms with E-state index in [1.807, 2.05) is 57.2 Å². The zero-order valence-electron chi connectivity index (χ0n) is 20.7. The summed E-state index contributed by atoms with van der Waals surface area (Å²) in [7, 11) is 0. The first-order chi connectivity index (χ1) is 17.5. The lowest BCUT2D eigenvalue weighted by Crippen LogP contribution is -2.46. The summed E-state index contributed by atoms with van der Waals surface area (Å²) in [4.78, 5) is 55.4. The highest BCUT2D eigenvalue weighted by molar-refractivity contribution is 9.12. The summed E-state index contributed by atoms with van der Waals surface area (Å²) in [5.41, 5.74) is 1.42. The van der Waals surface area contributed by atoms with E-state index in [9.17, 15) is 24.3 Å². The number of imide groups is 1. The lowest BCUT2D eigenvalue weighted by molar-refractivity contribution is -0.145. The van der Waals surface area contributed by atoms with Crippen LogP contribution in [0.15, 0.2) is 69.8 Å². The second-order valence-electron chi connectivity index (χ2n) is 11.3. The predicted octanol–water partition coefficient (Wildman–Crippen LogP) is 5.11. The number of Topliss-reactive ketones (excluding diaryl/α,β-unsaturated/α-hetero) is 1. The number of amides is 2. The van der Waals surface area contributed by atoms with Crippen molar-refractivity contribution in [3.63, 3.8) is 0 Å². The molecule has 0 spiro atoms. The van der Waals surface area contributed by atoms with E-state index in [-0.39, 0.29) is 40.0 Å². The van der Waals surface area contributed by atoms with Gasteiger partial charge in [-0.05, 0) is 72.3 Å². The molecule has 2 aromatic carbocycles. The van der Waals surface area contributed by atoms with Crippen LogP contribution in [0.2, 0.25) is 0 Å². The second-order valence-corrected chi connectivity index (χ2v) is 12.2. The van der Waals surface area contributed by atoms with Crippen LogP contribution in [0.25, 0.3) is 10.8 Å². The molecule has 3 aliphatic carbocycles. The number of phenols is 1. The molecule has 0 bridgehead atoms. The molecule has 1 N–H and O–H groups in total. The zero-order chi connectivity index (χ0) is 26.4. The number of carbonyl (C=O) groups is 4. The van der Waals surface area contributed by atoms with Crippen LogP contribution in [0.5, 0.6) is 5.75 Å². The van der Waals surface area contributed by atoms with Crippen molar-refractivity contribution >= 4 is 50.1 Å². The highest BCUT2D eigenvalue weighted by Gasteiger charge is 2.58. The minimum atomic E-state index is -0.694. The number of hydrogen-bond donors (Lipinski definition) is 1. The highest BCUT2D eigenvalue weighted by atomic mass is 79.9. The molecule has 1 aliphatic heterocycles. The number of fused-ring (bicyclic) bond motifs is 4. The average molecular weight is 560 g/mol. The maximum Gasteiger partial charge on any atom is 0.234 e. The Morgan fingerprint density at radius 1 is 0.973 bits per heavy atom. The van der Waals surface area contributed by atoms with Gasteiger partial charge in [0.05, 0.1) is 16.3 Å². The smallest absolute Gasteiger partial charge is 0.234 e. The fourth-order valence-electron chi connectivity index (χ4n) is 6.79. The van der Waals surface area contributed by atoms with Gasteiger partial charge in [0.2, 0.25) is 11.8 Å². The monoisotopic (exact) mass is 559 g/mol. The van der Waals surface area contributed by atoms with Gasteiger partial charge in [-0.2, -0.15) is 0 Å². The molecule has 1 heterocycles. The van der Waals surface area contributed by atoms with Gasteiger partial charge >= 0.3 is 0 Å². The second kappa shape index (κ2) is 8.09. The van der Waals surface area contributed by atoms with Gasteiger partial charge < -0.3 is 5.11 Å². The molecule has 4 aliphatic rings. The third-order valence-electron chi connectivity index (χ3n) is 8.24. The summed E-state index contributed by atoms with van der Waals surface area (Å²) in [6.07, 6.45) is 3.85. The normalized spacial score (nSPS) is 27.7. The Morgan fingerprint density at radius 2 is 1.70 bits per heavy atom. The Balaban J connectivity index is 1.60. The van der Waals surface area contributed by atoms with Crippen LogP contribution in [0.1, 0.15) is 45.1 Å². The minimum Gasteiger partial charge on any atom is -0.508 e. The number of carbonyl (C=O) groups excluding carboxylic acids is 4. The average Bonchev–Trinajstić information content (AvgIpc) is 3.11. The summed E-state index contributed by atoms with van der Waals surface area (Å²) >= 11 is 3.25. The van der Waals surface area contributed by atoms with Gasteiger partial charge in [0.25, 0.3) is 0 Å². The maximum absolute atomic E-state index is 13.8. The van der Waals surface area contributed by atoms with Gasteiger partial charge in [-0.15, -0.1) is 0 Å². The van der Waals surface area contributed by atoms with Crippen molar-refractivity contribution in [2.75, 3.05) is 0 Å². The zero-order valence-corrected chi connectivity index (χ0v) is 22.3. The number of ketones is 2. The van der Waals surface area contributed by atoms with Crippen molar-refractivity contribution in [2.45, 2.75) is 45.1 Å². The molecule has 6 nitrogen and oxygen atoms in total. The Morgan fingerprint density at radius 3 is 2.43 bits per heavy atom.